The van der Waals surface area contributed by atoms with E-state index < -0.39 is 0 Å². The van der Waals surface area contributed by atoms with Crippen LogP contribution in [-0.4, -0.2) is 32.0 Å². The predicted molar refractivity (Wildman–Crippen MR) is 76.7 cm³/mol. The van der Waals surface area contributed by atoms with Gasteiger partial charge in [0.2, 0.25) is 0 Å². The van der Waals surface area contributed by atoms with Crippen LogP contribution in [0.1, 0.15) is 32.4 Å². The zero-order valence-electron chi connectivity index (χ0n) is 12.3. The van der Waals surface area contributed by atoms with Gasteiger partial charge in [-0.1, -0.05) is 19.9 Å². The minimum absolute atomic E-state index is 0.165. The molecule has 0 amide bonds. The molecule has 0 aromatic heterocycles. The van der Waals surface area contributed by atoms with Crippen molar-refractivity contribution in [2.24, 2.45) is 5.92 Å². The topological polar surface area (TPSA) is 50.7 Å². The minimum Gasteiger partial charge on any atom is -0.504 e. The number of methoxy groups -OCH3 is 1. The lowest BCUT2D eigenvalue weighted by atomic mass is 10.1. The smallest absolute Gasteiger partial charge is 0.160 e. The van der Waals surface area contributed by atoms with Crippen molar-refractivity contribution in [2.45, 2.75) is 26.8 Å². The molecule has 4 heteroatoms. The Hall–Kier alpha value is -1.26. The SMILES string of the molecule is COc1cc(C(C)NCCOCC(C)C)ccc1O. The largest absolute Gasteiger partial charge is 0.504 e. The molecule has 1 rings (SSSR count). The monoisotopic (exact) mass is 267 g/mol. The fourth-order valence-corrected chi connectivity index (χ4v) is 1.75. The molecule has 0 radical (unpaired) electrons. The third-order valence-electron chi connectivity index (χ3n) is 2.85. The third-order valence-corrected chi connectivity index (χ3v) is 2.85. The van der Waals surface area contributed by atoms with Crippen LogP contribution >= 0.6 is 0 Å². The first-order valence-electron chi connectivity index (χ1n) is 6.72. The Labute approximate surface area is 115 Å². The number of hydrogen-bond acceptors (Lipinski definition) is 4. The molecule has 19 heavy (non-hydrogen) atoms. The van der Waals surface area contributed by atoms with Crippen LogP contribution in [0, 0.1) is 5.92 Å². The Morgan fingerprint density at radius 1 is 1.26 bits per heavy atom. The van der Waals surface area contributed by atoms with Gasteiger partial charge in [0.1, 0.15) is 0 Å². The van der Waals surface area contributed by atoms with Gasteiger partial charge in [0.15, 0.2) is 11.5 Å². The van der Waals surface area contributed by atoms with Crippen molar-refractivity contribution in [3.8, 4) is 11.5 Å². The summed E-state index contributed by atoms with van der Waals surface area (Å²) in [6.07, 6.45) is 0. The Morgan fingerprint density at radius 3 is 2.63 bits per heavy atom. The summed E-state index contributed by atoms with van der Waals surface area (Å²) >= 11 is 0. The summed E-state index contributed by atoms with van der Waals surface area (Å²) in [5.41, 5.74) is 1.08. The van der Waals surface area contributed by atoms with Crippen LogP contribution in [-0.2, 0) is 4.74 Å². The van der Waals surface area contributed by atoms with Crippen molar-refractivity contribution in [3.63, 3.8) is 0 Å². The second kappa shape index (κ2) is 8.02. The van der Waals surface area contributed by atoms with Gasteiger partial charge >= 0.3 is 0 Å². The summed E-state index contributed by atoms with van der Waals surface area (Å²) in [5, 5.41) is 12.9. The minimum atomic E-state index is 0.165. The highest BCUT2D eigenvalue weighted by atomic mass is 16.5. The van der Waals surface area contributed by atoms with E-state index in [9.17, 15) is 5.11 Å². The zero-order valence-corrected chi connectivity index (χ0v) is 12.3. The number of nitrogens with one attached hydrogen (secondary N) is 1. The Bertz CT molecular complexity index is 380. The molecule has 0 aliphatic rings. The van der Waals surface area contributed by atoms with Gasteiger partial charge in [0, 0.05) is 19.2 Å². The molecule has 1 aromatic carbocycles. The summed E-state index contributed by atoms with van der Waals surface area (Å²) in [4.78, 5) is 0. The van der Waals surface area contributed by atoms with Crippen molar-refractivity contribution < 1.29 is 14.6 Å². The molecule has 108 valence electrons. The molecule has 0 heterocycles. The number of benzene rings is 1. The Kier molecular flexibility index (Phi) is 6.67. The van der Waals surface area contributed by atoms with Gasteiger partial charge in [-0.3, -0.25) is 0 Å². The van der Waals surface area contributed by atoms with E-state index in [2.05, 4.69) is 26.1 Å². The lowest BCUT2D eigenvalue weighted by Gasteiger charge is -2.16. The van der Waals surface area contributed by atoms with Crippen molar-refractivity contribution in [3.05, 3.63) is 23.8 Å². The van der Waals surface area contributed by atoms with Crippen molar-refractivity contribution >= 4 is 0 Å². The van der Waals surface area contributed by atoms with Gasteiger partial charge in [0.05, 0.1) is 13.7 Å². The molecular formula is C15H25NO3. The van der Waals surface area contributed by atoms with E-state index in [1.807, 2.05) is 12.1 Å². The van der Waals surface area contributed by atoms with Crippen LogP contribution in [0.3, 0.4) is 0 Å². The summed E-state index contributed by atoms with van der Waals surface area (Å²) in [6.45, 7) is 8.66. The molecular weight excluding hydrogens is 242 g/mol. The fourth-order valence-electron chi connectivity index (χ4n) is 1.75. The average molecular weight is 267 g/mol. The van der Waals surface area contributed by atoms with Crippen LogP contribution in [0.15, 0.2) is 18.2 Å². The van der Waals surface area contributed by atoms with E-state index in [1.54, 1.807) is 13.2 Å². The van der Waals surface area contributed by atoms with Crippen molar-refractivity contribution in [2.75, 3.05) is 26.9 Å². The van der Waals surface area contributed by atoms with Crippen LogP contribution < -0.4 is 10.1 Å². The number of phenols is 1. The van der Waals surface area contributed by atoms with Crippen LogP contribution in [0.2, 0.25) is 0 Å². The Morgan fingerprint density at radius 2 is 2.00 bits per heavy atom. The van der Waals surface area contributed by atoms with E-state index in [1.165, 1.54) is 0 Å². The first kappa shape index (κ1) is 15.8. The molecule has 2 N–H and O–H groups in total. The molecule has 0 bridgehead atoms. The van der Waals surface area contributed by atoms with E-state index in [0.717, 1.165) is 18.7 Å². The molecule has 4 nitrogen and oxygen atoms in total. The van der Waals surface area contributed by atoms with Gasteiger partial charge in [-0.25, -0.2) is 0 Å². The fraction of sp³-hybridized carbons (Fsp3) is 0.600. The standard InChI is InChI=1S/C15H25NO3/c1-11(2)10-19-8-7-16-12(3)13-5-6-14(17)15(9-13)18-4/h5-6,9,11-12,16-17H,7-8,10H2,1-4H3. The Balaban J connectivity index is 2.38. The maximum absolute atomic E-state index is 9.55. The number of phenolic OH excluding ortho intramolecular Hbond substituents is 1. The maximum Gasteiger partial charge on any atom is 0.160 e. The molecule has 1 atom stereocenters. The van der Waals surface area contributed by atoms with Gasteiger partial charge < -0.3 is 19.9 Å². The number of rotatable bonds is 8. The third kappa shape index (κ3) is 5.49. The predicted octanol–water partition coefficient (Wildman–Crippen LogP) is 2.72. The second-order valence-corrected chi connectivity index (χ2v) is 5.08. The van der Waals surface area contributed by atoms with E-state index in [0.29, 0.717) is 18.3 Å². The normalized spacial score (nSPS) is 12.7. The van der Waals surface area contributed by atoms with E-state index in [4.69, 9.17) is 9.47 Å². The summed E-state index contributed by atoms with van der Waals surface area (Å²) in [7, 11) is 1.55. The number of hydrogen-bond donors (Lipinski definition) is 2. The first-order valence-corrected chi connectivity index (χ1v) is 6.72. The van der Waals surface area contributed by atoms with Crippen molar-refractivity contribution in [1.82, 2.24) is 5.32 Å². The van der Waals surface area contributed by atoms with Crippen LogP contribution in [0.25, 0.3) is 0 Å². The quantitative estimate of drug-likeness (QED) is 0.711. The average Bonchev–Trinajstić information content (AvgIpc) is 2.38. The first-order chi connectivity index (χ1) is 9.04. The molecule has 0 spiro atoms. The molecule has 0 saturated carbocycles. The van der Waals surface area contributed by atoms with E-state index >= 15 is 0 Å². The highest BCUT2D eigenvalue weighted by Crippen LogP contribution is 2.28. The molecule has 1 aromatic rings. The van der Waals surface area contributed by atoms with E-state index in [-0.39, 0.29) is 11.8 Å². The van der Waals surface area contributed by atoms with Gasteiger partial charge in [-0.05, 0) is 30.5 Å². The molecule has 0 aliphatic heterocycles. The lowest BCUT2D eigenvalue weighted by Crippen LogP contribution is -2.23. The summed E-state index contributed by atoms with van der Waals surface area (Å²) in [6, 6.07) is 5.59. The maximum atomic E-state index is 9.55. The van der Waals surface area contributed by atoms with Crippen molar-refractivity contribution in [1.29, 1.82) is 0 Å². The summed E-state index contributed by atoms with van der Waals surface area (Å²) < 4.78 is 10.6. The molecule has 0 saturated heterocycles. The van der Waals surface area contributed by atoms with Gasteiger partial charge in [-0.2, -0.15) is 0 Å². The molecule has 0 fully saturated rings. The second-order valence-electron chi connectivity index (χ2n) is 5.08. The highest BCUT2D eigenvalue weighted by Gasteiger charge is 2.08. The van der Waals surface area contributed by atoms with Crippen LogP contribution in [0.5, 0.6) is 11.5 Å². The van der Waals surface area contributed by atoms with Gasteiger partial charge in [0.25, 0.3) is 0 Å². The highest BCUT2D eigenvalue weighted by molar-refractivity contribution is 5.42. The van der Waals surface area contributed by atoms with Crippen LogP contribution in [0.4, 0.5) is 0 Å². The number of ether oxygens (including phenoxy) is 2. The summed E-state index contributed by atoms with van der Waals surface area (Å²) in [5.74, 6) is 1.24. The van der Waals surface area contributed by atoms with Gasteiger partial charge in [-0.15, -0.1) is 0 Å². The molecule has 0 aliphatic carbocycles. The number of aromatic hydroxyl groups is 1. The lowest BCUT2D eigenvalue weighted by molar-refractivity contribution is 0.110. The molecule has 1 unspecified atom stereocenters. The zero-order chi connectivity index (χ0) is 14.3.